The van der Waals surface area contributed by atoms with Crippen LogP contribution in [0.3, 0.4) is 0 Å². The lowest BCUT2D eigenvalue weighted by Gasteiger charge is -2.16. The number of unbranched alkanes of at least 4 members (excludes halogenated alkanes) is 1. The molecule has 0 radical (unpaired) electrons. The fraction of sp³-hybridized carbons (Fsp3) is 0.533. The number of hydrogen-bond donors (Lipinski definition) is 1. The fourth-order valence-electron chi connectivity index (χ4n) is 2.32. The molecule has 1 N–H and O–H groups in total. The van der Waals surface area contributed by atoms with Gasteiger partial charge in [0.15, 0.2) is 10.8 Å². The number of carbonyl (C=O) groups is 1. The summed E-state index contributed by atoms with van der Waals surface area (Å²) in [6.45, 7) is 6.29. The summed E-state index contributed by atoms with van der Waals surface area (Å²) >= 11 is 1.26. The Morgan fingerprint density at radius 3 is 2.95 bits per heavy atom. The molecule has 0 aliphatic rings. The van der Waals surface area contributed by atoms with E-state index in [0.717, 1.165) is 41.1 Å². The number of aryl methyl sites for hydroxylation is 1. The first-order valence-corrected chi connectivity index (χ1v) is 8.20. The summed E-state index contributed by atoms with van der Waals surface area (Å²) in [5.74, 6) is -0.813. The summed E-state index contributed by atoms with van der Waals surface area (Å²) in [5, 5.41) is 9.64. The number of nitrogens with zero attached hydrogens (tertiary/aromatic N) is 3. The summed E-state index contributed by atoms with van der Waals surface area (Å²) in [6, 6.07) is 2.26. The second-order valence-electron chi connectivity index (χ2n) is 5.29. The van der Waals surface area contributed by atoms with Gasteiger partial charge in [0, 0.05) is 12.2 Å². The molecule has 0 amide bonds. The molecule has 1 atom stereocenters. The van der Waals surface area contributed by atoms with Gasteiger partial charge in [-0.15, -0.1) is 0 Å². The number of fused-ring (bicyclic) bond motifs is 1. The van der Waals surface area contributed by atoms with E-state index in [9.17, 15) is 4.79 Å². The molecule has 114 valence electrons. The molecule has 2 aromatic heterocycles. The largest absolute Gasteiger partial charge is 0.481 e. The third-order valence-corrected chi connectivity index (χ3v) is 4.31. The van der Waals surface area contributed by atoms with Gasteiger partial charge in [-0.2, -0.15) is 0 Å². The lowest BCUT2D eigenvalue weighted by atomic mass is 10.1. The highest BCUT2D eigenvalue weighted by Crippen LogP contribution is 2.29. The van der Waals surface area contributed by atoms with Gasteiger partial charge < -0.3 is 9.67 Å². The van der Waals surface area contributed by atoms with Crippen molar-refractivity contribution in [2.45, 2.75) is 51.2 Å². The zero-order valence-electron chi connectivity index (χ0n) is 12.7. The van der Waals surface area contributed by atoms with Crippen molar-refractivity contribution < 1.29 is 9.90 Å². The van der Waals surface area contributed by atoms with Gasteiger partial charge in [-0.1, -0.05) is 31.5 Å². The second kappa shape index (κ2) is 6.93. The lowest BCUT2D eigenvalue weighted by Crippen LogP contribution is -2.09. The molecule has 21 heavy (non-hydrogen) atoms. The minimum Gasteiger partial charge on any atom is -0.481 e. The monoisotopic (exact) mass is 307 g/mol. The fourth-order valence-corrected chi connectivity index (χ4v) is 3.14. The number of carboxylic acids is 1. The average Bonchev–Trinajstić information content (AvgIpc) is 2.79. The zero-order chi connectivity index (χ0) is 15.4. The number of hydrogen-bond acceptors (Lipinski definition) is 4. The van der Waals surface area contributed by atoms with Crippen molar-refractivity contribution in [2.24, 2.45) is 0 Å². The topological polar surface area (TPSA) is 68.0 Å². The summed E-state index contributed by atoms with van der Waals surface area (Å²) < 4.78 is 2.08. The van der Waals surface area contributed by atoms with Gasteiger partial charge in [-0.05, 0) is 31.9 Å². The van der Waals surface area contributed by atoms with E-state index in [0.29, 0.717) is 0 Å². The highest BCUT2D eigenvalue weighted by atomic mass is 32.2. The Balaban J connectivity index is 2.41. The Kier molecular flexibility index (Phi) is 5.22. The molecule has 0 bridgehead atoms. The van der Waals surface area contributed by atoms with E-state index in [4.69, 9.17) is 5.11 Å². The minimum atomic E-state index is -0.830. The quantitative estimate of drug-likeness (QED) is 0.790. The average molecular weight is 307 g/mol. The SMILES string of the molecule is CCCCC(C)n1c(SCC(=O)O)nc2cc(C)cnc21. The Morgan fingerprint density at radius 2 is 2.29 bits per heavy atom. The van der Waals surface area contributed by atoms with Gasteiger partial charge in [-0.25, -0.2) is 9.97 Å². The molecule has 0 spiro atoms. The van der Waals surface area contributed by atoms with Crippen LogP contribution in [0.25, 0.3) is 11.2 Å². The summed E-state index contributed by atoms with van der Waals surface area (Å²) in [6.07, 6.45) is 5.15. The molecular weight excluding hydrogens is 286 g/mol. The van der Waals surface area contributed by atoms with Crippen LogP contribution < -0.4 is 0 Å². The summed E-state index contributed by atoms with van der Waals surface area (Å²) in [4.78, 5) is 19.9. The van der Waals surface area contributed by atoms with Crippen molar-refractivity contribution in [1.82, 2.24) is 14.5 Å². The zero-order valence-corrected chi connectivity index (χ0v) is 13.5. The predicted octanol–water partition coefficient (Wildman–Crippen LogP) is 3.67. The number of carboxylic acid groups (broad SMARTS) is 1. The van der Waals surface area contributed by atoms with E-state index in [-0.39, 0.29) is 11.8 Å². The van der Waals surface area contributed by atoms with Crippen LogP contribution in [0.2, 0.25) is 0 Å². The maximum atomic E-state index is 10.8. The first-order valence-electron chi connectivity index (χ1n) is 7.22. The van der Waals surface area contributed by atoms with Crippen LogP contribution in [-0.4, -0.2) is 31.4 Å². The third kappa shape index (κ3) is 3.75. The molecule has 0 fully saturated rings. The van der Waals surface area contributed by atoms with E-state index in [1.165, 1.54) is 11.8 Å². The highest BCUT2D eigenvalue weighted by Gasteiger charge is 2.18. The molecule has 0 aliphatic carbocycles. The number of aliphatic carboxylic acids is 1. The molecule has 2 rings (SSSR count). The van der Waals surface area contributed by atoms with Gasteiger partial charge in [-0.3, -0.25) is 4.79 Å². The molecular formula is C15H21N3O2S. The third-order valence-electron chi connectivity index (χ3n) is 3.38. The number of imidazole rings is 1. The van der Waals surface area contributed by atoms with Crippen molar-refractivity contribution in [3.05, 3.63) is 17.8 Å². The van der Waals surface area contributed by atoms with Crippen LogP contribution in [0.4, 0.5) is 0 Å². The van der Waals surface area contributed by atoms with Gasteiger partial charge in [0.1, 0.15) is 5.52 Å². The van der Waals surface area contributed by atoms with Crippen molar-refractivity contribution in [1.29, 1.82) is 0 Å². The molecule has 2 heterocycles. The highest BCUT2D eigenvalue weighted by molar-refractivity contribution is 7.99. The van der Waals surface area contributed by atoms with Crippen molar-refractivity contribution in [3.8, 4) is 0 Å². The van der Waals surface area contributed by atoms with Gasteiger partial charge in [0.25, 0.3) is 0 Å². The van der Waals surface area contributed by atoms with Crippen LogP contribution in [0, 0.1) is 6.92 Å². The maximum Gasteiger partial charge on any atom is 0.313 e. The van der Waals surface area contributed by atoms with Crippen LogP contribution in [-0.2, 0) is 4.79 Å². The maximum absolute atomic E-state index is 10.8. The van der Waals surface area contributed by atoms with Crippen LogP contribution in [0.15, 0.2) is 17.4 Å². The van der Waals surface area contributed by atoms with E-state index in [1.54, 1.807) is 0 Å². The molecule has 0 aromatic carbocycles. The molecule has 1 unspecified atom stereocenters. The summed E-state index contributed by atoms with van der Waals surface area (Å²) in [7, 11) is 0. The van der Waals surface area contributed by atoms with E-state index in [1.807, 2.05) is 19.2 Å². The molecule has 0 aliphatic heterocycles. The lowest BCUT2D eigenvalue weighted by molar-refractivity contribution is -0.133. The molecule has 2 aromatic rings. The Labute approximate surface area is 128 Å². The number of rotatable bonds is 7. The van der Waals surface area contributed by atoms with Gasteiger partial charge in [0.05, 0.1) is 5.75 Å². The van der Waals surface area contributed by atoms with Gasteiger partial charge >= 0.3 is 5.97 Å². The number of aromatic nitrogens is 3. The summed E-state index contributed by atoms with van der Waals surface area (Å²) in [5.41, 5.74) is 2.74. The standard InChI is InChI=1S/C15H21N3O2S/c1-4-5-6-11(3)18-14-12(7-10(2)8-16-14)17-15(18)21-9-13(19)20/h7-8,11H,4-6,9H2,1-3H3,(H,19,20). The van der Waals surface area contributed by atoms with Crippen LogP contribution >= 0.6 is 11.8 Å². The normalized spacial score (nSPS) is 12.7. The Bertz CT molecular complexity index is 639. The van der Waals surface area contributed by atoms with E-state index < -0.39 is 5.97 Å². The number of pyridine rings is 1. The van der Waals surface area contributed by atoms with Crippen LogP contribution in [0.1, 0.15) is 44.7 Å². The predicted molar refractivity (Wildman–Crippen MR) is 84.9 cm³/mol. The first-order chi connectivity index (χ1) is 10.0. The van der Waals surface area contributed by atoms with Crippen molar-refractivity contribution in [3.63, 3.8) is 0 Å². The molecule has 6 heteroatoms. The minimum absolute atomic E-state index is 0.0167. The molecule has 5 nitrogen and oxygen atoms in total. The number of thioether (sulfide) groups is 1. The Morgan fingerprint density at radius 1 is 1.52 bits per heavy atom. The second-order valence-corrected chi connectivity index (χ2v) is 6.24. The van der Waals surface area contributed by atoms with Crippen molar-refractivity contribution in [2.75, 3.05) is 5.75 Å². The Hall–Kier alpha value is -1.56. The van der Waals surface area contributed by atoms with Gasteiger partial charge in [0.2, 0.25) is 0 Å². The molecule has 0 saturated heterocycles. The van der Waals surface area contributed by atoms with E-state index in [2.05, 4.69) is 28.4 Å². The van der Waals surface area contributed by atoms with Crippen LogP contribution in [0.5, 0.6) is 0 Å². The molecule has 0 saturated carbocycles. The van der Waals surface area contributed by atoms with Crippen molar-refractivity contribution >= 4 is 28.9 Å². The first kappa shape index (κ1) is 15.8. The smallest absolute Gasteiger partial charge is 0.313 e. The van der Waals surface area contributed by atoms with E-state index >= 15 is 0 Å².